The van der Waals surface area contributed by atoms with Crippen LogP contribution in [0.15, 0.2) is 24.3 Å². The van der Waals surface area contributed by atoms with Gasteiger partial charge in [0.05, 0.1) is 17.8 Å². The number of aliphatic hydroxyl groups is 1. The SMILES string of the molecule is CC(=O)c1[nH]c(C)c(C(=O)N2CC[C@@](O)(c3ccccc3C)C2)c1C. The van der Waals surface area contributed by atoms with Crippen molar-refractivity contribution in [1.82, 2.24) is 9.88 Å². The molecule has 5 heteroatoms. The minimum atomic E-state index is -1.03. The van der Waals surface area contributed by atoms with Gasteiger partial charge in [0.1, 0.15) is 5.60 Å². The smallest absolute Gasteiger partial charge is 0.256 e. The van der Waals surface area contributed by atoms with Gasteiger partial charge in [0.25, 0.3) is 5.91 Å². The Morgan fingerprint density at radius 3 is 2.48 bits per heavy atom. The Morgan fingerprint density at radius 2 is 1.88 bits per heavy atom. The van der Waals surface area contributed by atoms with E-state index in [0.717, 1.165) is 11.1 Å². The van der Waals surface area contributed by atoms with Gasteiger partial charge in [-0.15, -0.1) is 0 Å². The Balaban J connectivity index is 1.89. The van der Waals surface area contributed by atoms with E-state index >= 15 is 0 Å². The van der Waals surface area contributed by atoms with Crippen molar-refractivity contribution >= 4 is 11.7 Å². The normalized spacial score (nSPS) is 20.1. The molecule has 1 saturated heterocycles. The second-order valence-electron chi connectivity index (χ2n) is 7.00. The molecule has 0 aliphatic carbocycles. The lowest BCUT2D eigenvalue weighted by Crippen LogP contribution is -2.35. The molecule has 2 heterocycles. The quantitative estimate of drug-likeness (QED) is 0.844. The number of carbonyl (C=O) groups is 2. The molecule has 2 aromatic rings. The summed E-state index contributed by atoms with van der Waals surface area (Å²) in [6, 6.07) is 7.74. The second kappa shape index (κ2) is 6.15. The fraction of sp³-hybridized carbons (Fsp3) is 0.400. The number of aromatic nitrogens is 1. The molecule has 0 bridgehead atoms. The number of nitrogens with zero attached hydrogens (tertiary/aromatic N) is 1. The molecule has 1 aliphatic heterocycles. The number of rotatable bonds is 3. The van der Waals surface area contributed by atoms with Crippen molar-refractivity contribution in [3.8, 4) is 0 Å². The summed E-state index contributed by atoms with van der Waals surface area (Å²) in [6.07, 6.45) is 0.506. The van der Waals surface area contributed by atoms with E-state index in [4.69, 9.17) is 0 Å². The number of amides is 1. The van der Waals surface area contributed by atoms with Crippen molar-refractivity contribution in [2.24, 2.45) is 0 Å². The standard InChI is InChI=1S/C20H24N2O3/c1-12-7-5-6-8-16(12)20(25)9-10-22(11-20)19(24)17-13(2)18(15(4)23)21-14(17)3/h5-8,21,25H,9-11H2,1-4H3/t20-/m0/s1. The number of hydrogen-bond donors (Lipinski definition) is 2. The summed E-state index contributed by atoms with van der Waals surface area (Å²) in [5, 5.41) is 11.1. The van der Waals surface area contributed by atoms with Gasteiger partial charge in [-0.25, -0.2) is 0 Å². The average Bonchev–Trinajstić information content (AvgIpc) is 3.09. The van der Waals surface area contributed by atoms with Gasteiger partial charge in [0.2, 0.25) is 0 Å². The van der Waals surface area contributed by atoms with Crippen LogP contribution in [-0.4, -0.2) is 39.8 Å². The Kier molecular flexibility index (Phi) is 4.29. The van der Waals surface area contributed by atoms with Crippen LogP contribution in [0, 0.1) is 20.8 Å². The van der Waals surface area contributed by atoms with Crippen molar-refractivity contribution in [2.75, 3.05) is 13.1 Å². The second-order valence-corrected chi connectivity index (χ2v) is 7.00. The highest BCUT2D eigenvalue weighted by molar-refractivity contribution is 6.02. The van der Waals surface area contributed by atoms with Gasteiger partial charge >= 0.3 is 0 Å². The maximum atomic E-state index is 13.0. The minimum Gasteiger partial charge on any atom is -0.383 e. The third-order valence-electron chi connectivity index (χ3n) is 5.18. The number of hydrogen-bond acceptors (Lipinski definition) is 3. The number of Topliss-reactive ketones (excluding diaryl/α,β-unsaturated/α-hetero) is 1. The molecule has 0 saturated carbocycles. The highest BCUT2D eigenvalue weighted by Gasteiger charge is 2.41. The molecule has 0 unspecified atom stereocenters. The van der Waals surface area contributed by atoms with E-state index in [-0.39, 0.29) is 18.2 Å². The van der Waals surface area contributed by atoms with Crippen molar-refractivity contribution in [2.45, 2.75) is 39.7 Å². The Hall–Kier alpha value is -2.40. The highest BCUT2D eigenvalue weighted by Crippen LogP contribution is 2.35. The van der Waals surface area contributed by atoms with Crippen molar-refractivity contribution in [3.05, 3.63) is 57.9 Å². The predicted octanol–water partition coefficient (Wildman–Crippen LogP) is 2.88. The van der Waals surface area contributed by atoms with E-state index in [1.165, 1.54) is 6.92 Å². The van der Waals surface area contributed by atoms with Crippen molar-refractivity contribution in [3.63, 3.8) is 0 Å². The minimum absolute atomic E-state index is 0.0857. The first-order valence-corrected chi connectivity index (χ1v) is 8.52. The zero-order valence-corrected chi connectivity index (χ0v) is 15.1. The van der Waals surface area contributed by atoms with Crippen LogP contribution in [0.4, 0.5) is 0 Å². The van der Waals surface area contributed by atoms with E-state index in [1.807, 2.05) is 31.2 Å². The van der Waals surface area contributed by atoms with E-state index in [1.54, 1.807) is 18.7 Å². The van der Waals surface area contributed by atoms with Crippen LogP contribution in [0.25, 0.3) is 0 Å². The third kappa shape index (κ3) is 2.89. The molecule has 1 fully saturated rings. The molecule has 0 spiro atoms. The van der Waals surface area contributed by atoms with Crippen LogP contribution < -0.4 is 0 Å². The monoisotopic (exact) mass is 340 g/mol. The lowest BCUT2D eigenvalue weighted by atomic mass is 9.89. The molecule has 25 heavy (non-hydrogen) atoms. The first-order chi connectivity index (χ1) is 11.7. The van der Waals surface area contributed by atoms with Gasteiger partial charge < -0.3 is 15.0 Å². The zero-order valence-electron chi connectivity index (χ0n) is 15.1. The van der Waals surface area contributed by atoms with Crippen LogP contribution in [-0.2, 0) is 5.60 Å². The Bertz CT molecular complexity index is 853. The fourth-order valence-corrected chi connectivity index (χ4v) is 3.86. The molecule has 132 valence electrons. The summed E-state index contributed by atoms with van der Waals surface area (Å²) in [5.74, 6) is -0.222. The van der Waals surface area contributed by atoms with E-state index in [0.29, 0.717) is 35.5 Å². The van der Waals surface area contributed by atoms with Gasteiger partial charge in [0.15, 0.2) is 5.78 Å². The Labute approximate surface area is 147 Å². The van der Waals surface area contributed by atoms with E-state index in [2.05, 4.69) is 4.98 Å². The lowest BCUT2D eigenvalue weighted by molar-refractivity contribution is 0.0412. The lowest BCUT2D eigenvalue weighted by Gasteiger charge is -2.25. The highest BCUT2D eigenvalue weighted by atomic mass is 16.3. The van der Waals surface area contributed by atoms with Crippen LogP contribution >= 0.6 is 0 Å². The van der Waals surface area contributed by atoms with Gasteiger partial charge in [0, 0.05) is 19.2 Å². The molecule has 0 radical (unpaired) electrons. The molecule has 1 aromatic carbocycles. The summed E-state index contributed by atoms with van der Waals surface area (Å²) < 4.78 is 0. The van der Waals surface area contributed by atoms with Crippen LogP contribution in [0.2, 0.25) is 0 Å². The number of aromatic amines is 1. The zero-order chi connectivity index (χ0) is 18.4. The number of carbonyl (C=O) groups excluding carboxylic acids is 2. The summed E-state index contributed by atoms with van der Waals surface area (Å²) in [6.45, 7) is 7.79. The molecular formula is C20H24N2O3. The summed E-state index contributed by atoms with van der Waals surface area (Å²) >= 11 is 0. The molecule has 3 rings (SSSR count). The molecule has 5 nitrogen and oxygen atoms in total. The molecule has 1 amide bonds. The van der Waals surface area contributed by atoms with E-state index in [9.17, 15) is 14.7 Å². The first kappa shape index (κ1) is 17.4. The maximum Gasteiger partial charge on any atom is 0.256 e. The molecule has 1 aromatic heterocycles. The summed E-state index contributed by atoms with van der Waals surface area (Å²) in [5.41, 5.74) is 3.26. The van der Waals surface area contributed by atoms with Gasteiger partial charge in [-0.1, -0.05) is 24.3 Å². The summed E-state index contributed by atoms with van der Waals surface area (Å²) in [4.78, 5) is 29.4. The third-order valence-corrected chi connectivity index (χ3v) is 5.18. The number of H-pyrrole nitrogens is 1. The number of aryl methyl sites for hydroxylation is 2. The molecular weight excluding hydrogens is 316 g/mol. The van der Waals surface area contributed by atoms with Crippen molar-refractivity contribution in [1.29, 1.82) is 0 Å². The molecule has 1 aliphatic rings. The van der Waals surface area contributed by atoms with Crippen molar-refractivity contribution < 1.29 is 14.7 Å². The maximum absolute atomic E-state index is 13.0. The number of benzene rings is 1. The fourth-order valence-electron chi connectivity index (χ4n) is 3.86. The number of likely N-dealkylation sites (tertiary alicyclic amines) is 1. The first-order valence-electron chi connectivity index (χ1n) is 8.52. The molecule has 1 atom stereocenters. The number of β-amino-alcohol motifs (C(OH)–C–C–N with tert-alkyl or cyclic N) is 1. The number of ketones is 1. The largest absolute Gasteiger partial charge is 0.383 e. The van der Waals surface area contributed by atoms with Crippen LogP contribution in [0.5, 0.6) is 0 Å². The van der Waals surface area contributed by atoms with Crippen LogP contribution in [0.3, 0.4) is 0 Å². The van der Waals surface area contributed by atoms with E-state index < -0.39 is 5.60 Å². The van der Waals surface area contributed by atoms with Gasteiger partial charge in [-0.05, 0) is 43.9 Å². The Morgan fingerprint density at radius 1 is 1.20 bits per heavy atom. The van der Waals surface area contributed by atoms with Gasteiger partial charge in [-0.2, -0.15) is 0 Å². The average molecular weight is 340 g/mol. The summed E-state index contributed by atoms with van der Waals surface area (Å²) in [7, 11) is 0. The number of nitrogens with one attached hydrogen (secondary N) is 1. The van der Waals surface area contributed by atoms with Crippen LogP contribution in [0.1, 0.15) is 56.6 Å². The topological polar surface area (TPSA) is 73.4 Å². The molecule has 2 N–H and O–H groups in total. The predicted molar refractivity (Wildman–Crippen MR) is 95.9 cm³/mol. The van der Waals surface area contributed by atoms with Gasteiger partial charge in [-0.3, -0.25) is 9.59 Å².